The molecule has 27 heavy (non-hydrogen) atoms. The maximum Gasteiger partial charge on any atom is 0.124 e. The van der Waals surface area contributed by atoms with Crippen LogP contribution in [0, 0.1) is 34.0 Å². The van der Waals surface area contributed by atoms with Gasteiger partial charge in [0.15, 0.2) is 0 Å². The van der Waals surface area contributed by atoms with Crippen molar-refractivity contribution in [3.63, 3.8) is 0 Å². The zero-order valence-electron chi connectivity index (χ0n) is 14.0. The van der Waals surface area contributed by atoms with Crippen molar-refractivity contribution in [3.05, 3.63) is 77.4 Å². The zero-order valence-corrected chi connectivity index (χ0v) is 14.8. The number of thiazole rings is 1. The summed E-state index contributed by atoms with van der Waals surface area (Å²) >= 11 is 1.57. The molecule has 0 bridgehead atoms. The van der Waals surface area contributed by atoms with E-state index in [1.165, 1.54) is 0 Å². The molecule has 4 aromatic rings. The highest BCUT2D eigenvalue weighted by atomic mass is 32.1. The summed E-state index contributed by atoms with van der Waals surface area (Å²) in [5.41, 5.74) is 4.54. The van der Waals surface area contributed by atoms with E-state index >= 15 is 0 Å². The monoisotopic (exact) mass is 362 g/mol. The Morgan fingerprint density at radius 1 is 0.704 bits per heavy atom. The Balaban J connectivity index is 1.88. The van der Waals surface area contributed by atoms with Crippen molar-refractivity contribution in [1.29, 1.82) is 15.8 Å². The van der Waals surface area contributed by atoms with Gasteiger partial charge in [0, 0.05) is 5.56 Å². The molecule has 1 aromatic heterocycles. The Bertz CT molecular complexity index is 1280. The molecule has 0 N–H and O–H groups in total. The average molecular weight is 362 g/mol. The van der Waals surface area contributed by atoms with Gasteiger partial charge >= 0.3 is 0 Å². The quantitative estimate of drug-likeness (QED) is 0.488. The summed E-state index contributed by atoms with van der Waals surface area (Å²) in [7, 11) is 0. The smallest absolute Gasteiger partial charge is 0.124 e. The van der Waals surface area contributed by atoms with Crippen molar-refractivity contribution in [2.75, 3.05) is 0 Å². The number of aromatic nitrogens is 1. The molecule has 124 valence electrons. The summed E-state index contributed by atoms with van der Waals surface area (Å²) in [5.74, 6) is 0. The van der Waals surface area contributed by atoms with E-state index in [0.29, 0.717) is 16.7 Å². The van der Waals surface area contributed by atoms with Crippen LogP contribution in [0.2, 0.25) is 0 Å². The van der Waals surface area contributed by atoms with Gasteiger partial charge in [-0.3, -0.25) is 0 Å². The third-order valence-corrected chi connectivity index (χ3v) is 5.28. The molecule has 0 aliphatic heterocycles. The molecular weight excluding hydrogens is 352 g/mol. The van der Waals surface area contributed by atoms with E-state index in [1.54, 1.807) is 35.6 Å². The Morgan fingerprint density at radius 2 is 1.48 bits per heavy atom. The summed E-state index contributed by atoms with van der Waals surface area (Å²) in [6, 6.07) is 24.8. The fraction of sp³-hybridized carbons (Fsp3) is 0. The number of hydrogen-bond donors (Lipinski definition) is 0. The molecule has 0 amide bonds. The van der Waals surface area contributed by atoms with Crippen LogP contribution in [0.3, 0.4) is 0 Å². The first-order valence-electron chi connectivity index (χ1n) is 8.07. The van der Waals surface area contributed by atoms with Gasteiger partial charge in [0.2, 0.25) is 0 Å². The Kier molecular flexibility index (Phi) is 4.11. The summed E-state index contributed by atoms with van der Waals surface area (Å²) in [6.07, 6.45) is 0. The number of hydrogen-bond acceptors (Lipinski definition) is 5. The molecule has 0 saturated carbocycles. The fourth-order valence-electron chi connectivity index (χ4n) is 2.89. The van der Waals surface area contributed by atoms with Crippen LogP contribution in [0.1, 0.15) is 16.7 Å². The van der Waals surface area contributed by atoms with E-state index in [9.17, 15) is 10.5 Å². The van der Waals surface area contributed by atoms with Crippen molar-refractivity contribution in [2.24, 2.45) is 0 Å². The molecule has 0 radical (unpaired) electrons. The van der Waals surface area contributed by atoms with Gasteiger partial charge < -0.3 is 0 Å². The van der Waals surface area contributed by atoms with Gasteiger partial charge in [-0.25, -0.2) is 4.98 Å². The summed E-state index contributed by atoms with van der Waals surface area (Å²) < 4.78 is 1.08. The number of para-hydroxylation sites is 1. The highest BCUT2D eigenvalue weighted by Gasteiger charge is 2.11. The third kappa shape index (κ3) is 3.02. The first kappa shape index (κ1) is 16.5. The predicted molar refractivity (Wildman–Crippen MR) is 105 cm³/mol. The SMILES string of the molecule is N#Cc1cc(-c2ccc(C#N)c(C#N)c2)cc(-c2nc3ccccc3s2)c1. The van der Waals surface area contributed by atoms with Gasteiger partial charge in [-0.15, -0.1) is 11.3 Å². The van der Waals surface area contributed by atoms with Crippen LogP contribution in [0.25, 0.3) is 31.9 Å². The molecule has 4 rings (SSSR count). The summed E-state index contributed by atoms with van der Waals surface area (Å²) in [6.45, 7) is 0. The van der Waals surface area contributed by atoms with Crippen LogP contribution in [-0.4, -0.2) is 4.98 Å². The molecule has 4 nitrogen and oxygen atoms in total. The van der Waals surface area contributed by atoms with E-state index in [-0.39, 0.29) is 0 Å². The first-order valence-corrected chi connectivity index (χ1v) is 8.89. The molecule has 1 heterocycles. The lowest BCUT2D eigenvalue weighted by atomic mass is 9.97. The van der Waals surface area contributed by atoms with Crippen LogP contribution in [0.15, 0.2) is 60.7 Å². The lowest BCUT2D eigenvalue weighted by Gasteiger charge is -2.06. The standard InChI is InChI=1S/C22H10N4S/c23-11-14-7-17(15-5-6-16(12-24)19(9-15)13-25)10-18(8-14)22-26-20-3-1-2-4-21(20)27-22/h1-10H. The Labute approximate surface area is 159 Å². The molecule has 0 fully saturated rings. The van der Waals surface area contributed by atoms with Crippen molar-refractivity contribution in [1.82, 2.24) is 4.98 Å². The highest BCUT2D eigenvalue weighted by molar-refractivity contribution is 7.21. The second-order valence-electron chi connectivity index (χ2n) is 5.88. The van der Waals surface area contributed by atoms with Gasteiger partial charge in [-0.2, -0.15) is 15.8 Å². The molecular formula is C22H10N4S. The molecule has 0 saturated heterocycles. The minimum atomic E-state index is 0.318. The number of nitriles is 3. The van der Waals surface area contributed by atoms with Gasteiger partial charge in [0.05, 0.1) is 33.0 Å². The lowest BCUT2D eigenvalue weighted by Crippen LogP contribution is -1.88. The highest BCUT2D eigenvalue weighted by Crippen LogP contribution is 2.33. The van der Waals surface area contributed by atoms with Gasteiger partial charge in [-0.05, 0) is 53.6 Å². The van der Waals surface area contributed by atoms with Crippen molar-refractivity contribution >= 4 is 21.6 Å². The Hall–Kier alpha value is -3.98. The van der Waals surface area contributed by atoms with E-state index in [4.69, 9.17) is 5.26 Å². The molecule has 0 aliphatic rings. The van der Waals surface area contributed by atoms with E-state index in [2.05, 4.69) is 17.1 Å². The van der Waals surface area contributed by atoms with Crippen molar-refractivity contribution < 1.29 is 0 Å². The number of benzene rings is 3. The number of rotatable bonds is 2. The molecule has 3 aromatic carbocycles. The van der Waals surface area contributed by atoms with Gasteiger partial charge in [-0.1, -0.05) is 18.2 Å². The predicted octanol–water partition coefficient (Wildman–Crippen LogP) is 5.25. The molecule has 0 aliphatic carbocycles. The van der Waals surface area contributed by atoms with Gasteiger partial charge in [0.1, 0.15) is 17.1 Å². The number of fused-ring (bicyclic) bond motifs is 1. The molecule has 0 unspecified atom stereocenters. The molecule has 0 spiro atoms. The van der Waals surface area contributed by atoms with E-state index in [0.717, 1.165) is 31.9 Å². The maximum absolute atomic E-state index is 9.44. The average Bonchev–Trinajstić information content (AvgIpc) is 3.17. The Morgan fingerprint density at radius 3 is 2.22 bits per heavy atom. The fourth-order valence-corrected chi connectivity index (χ4v) is 3.84. The summed E-state index contributed by atoms with van der Waals surface area (Å²) in [5, 5.41) is 28.7. The normalized spacial score (nSPS) is 10.1. The van der Waals surface area contributed by atoms with Crippen LogP contribution < -0.4 is 0 Å². The third-order valence-electron chi connectivity index (χ3n) is 4.20. The van der Waals surface area contributed by atoms with Crippen molar-refractivity contribution in [2.45, 2.75) is 0 Å². The summed E-state index contributed by atoms with van der Waals surface area (Å²) in [4.78, 5) is 4.67. The first-order chi connectivity index (χ1) is 13.2. The van der Waals surface area contributed by atoms with Crippen LogP contribution >= 0.6 is 11.3 Å². The molecule has 0 atom stereocenters. The minimum Gasteiger partial charge on any atom is -0.236 e. The number of nitrogens with zero attached hydrogens (tertiary/aromatic N) is 4. The maximum atomic E-state index is 9.44. The minimum absolute atomic E-state index is 0.318. The molecule has 5 heteroatoms. The van der Waals surface area contributed by atoms with Crippen molar-refractivity contribution in [3.8, 4) is 39.9 Å². The van der Waals surface area contributed by atoms with Crippen LogP contribution in [-0.2, 0) is 0 Å². The topological polar surface area (TPSA) is 84.3 Å². The van der Waals surface area contributed by atoms with E-state index < -0.39 is 0 Å². The van der Waals surface area contributed by atoms with Gasteiger partial charge in [0.25, 0.3) is 0 Å². The zero-order chi connectivity index (χ0) is 18.8. The van der Waals surface area contributed by atoms with E-state index in [1.807, 2.05) is 42.5 Å². The second kappa shape index (κ2) is 6.73. The largest absolute Gasteiger partial charge is 0.236 e. The van der Waals surface area contributed by atoms with Crippen LogP contribution in [0.5, 0.6) is 0 Å². The second-order valence-corrected chi connectivity index (χ2v) is 6.91. The lowest BCUT2D eigenvalue weighted by molar-refractivity contribution is 1.42. The van der Waals surface area contributed by atoms with Crippen LogP contribution in [0.4, 0.5) is 0 Å².